The van der Waals surface area contributed by atoms with Gasteiger partial charge >= 0.3 is 0 Å². The Morgan fingerprint density at radius 2 is 2.05 bits per heavy atom. The minimum atomic E-state index is -0.0540. The number of hydrogen-bond donors (Lipinski definition) is 1. The van der Waals surface area contributed by atoms with E-state index < -0.39 is 0 Å². The fraction of sp³-hybridized carbons (Fsp3) is 0.200. The summed E-state index contributed by atoms with van der Waals surface area (Å²) >= 11 is 6.05. The van der Waals surface area contributed by atoms with Gasteiger partial charge in [0.15, 0.2) is 0 Å². The van der Waals surface area contributed by atoms with Crippen molar-refractivity contribution in [3.8, 4) is 0 Å². The minimum absolute atomic E-state index is 0.0540. The Morgan fingerprint density at radius 3 is 2.79 bits per heavy atom. The van der Waals surface area contributed by atoms with E-state index in [1.165, 1.54) is 0 Å². The van der Waals surface area contributed by atoms with Gasteiger partial charge in [-0.2, -0.15) is 0 Å². The summed E-state index contributed by atoms with van der Waals surface area (Å²) in [5.41, 5.74) is 1.94. The molecule has 0 bridgehead atoms. The number of anilines is 1. The molecular formula is C15H15ClN2O. The van der Waals surface area contributed by atoms with Crippen molar-refractivity contribution in [1.82, 2.24) is 4.98 Å². The highest BCUT2D eigenvalue weighted by molar-refractivity contribution is 6.31. The molecule has 0 radical (unpaired) electrons. The van der Waals surface area contributed by atoms with Crippen LogP contribution in [-0.4, -0.2) is 10.9 Å². The number of halogens is 1. The second-order valence-electron chi connectivity index (χ2n) is 4.31. The van der Waals surface area contributed by atoms with E-state index in [0.29, 0.717) is 23.7 Å². The van der Waals surface area contributed by atoms with Crippen molar-refractivity contribution in [3.05, 3.63) is 58.7 Å². The lowest BCUT2D eigenvalue weighted by Gasteiger charge is -2.07. The van der Waals surface area contributed by atoms with Gasteiger partial charge < -0.3 is 5.32 Å². The zero-order valence-electron chi connectivity index (χ0n) is 10.7. The number of nitrogens with one attached hydrogen (secondary N) is 1. The monoisotopic (exact) mass is 274 g/mol. The molecule has 0 saturated carbocycles. The van der Waals surface area contributed by atoms with Crippen molar-refractivity contribution in [2.24, 2.45) is 0 Å². The lowest BCUT2D eigenvalue weighted by atomic mass is 10.1. The molecule has 1 aromatic heterocycles. The Morgan fingerprint density at radius 1 is 1.26 bits per heavy atom. The van der Waals surface area contributed by atoms with Gasteiger partial charge in [0.05, 0.1) is 0 Å². The Balaban J connectivity index is 1.92. The van der Waals surface area contributed by atoms with Crippen molar-refractivity contribution >= 4 is 23.3 Å². The number of amides is 1. The third-order valence-corrected chi connectivity index (χ3v) is 3.22. The number of aryl methyl sites for hydroxylation is 2. The van der Waals surface area contributed by atoms with Crippen LogP contribution in [0, 0.1) is 6.92 Å². The summed E-state index contributed by atoms with van der Waals surface area (Å²) in [4.78, 5) is 16.0. The van der Waals surface area contributed by atoms with Crippen LogP contribution in [0.1, 0.15) is 17.5 Å². The van der Waals surface area contributed by atoms with Crippen molar-refractivity contribution < 1.29 is 4.79 Å². The molecule has 2 aromatic rings. The smallest absolute Gasteiger partial charge is 0.225 e. The Labute approximate surface area is 117 Å². The van der Waals surface area contributed by atoms with E-state index in [9.17, 15) is 4.79 Å². The van der Waals surface area contributed by atoms with Gasteiger partial charge in [-0.05, 0) is 36.6 Å². The summed E-state index contributed by atoms with van der Waals surface area (Å²) in [5, 5.41) is 3.51. The van der Waals surface area contributed by atoms with E-state index in [1.54, 1.807) is 6.20 Å². The van der Waals surface area contributed by atoms with Crippen LogP contribution in [0.3, 0.4) is 0 Å². The first-order chi connectivity index (χ1) is 9.16. The number of hydrogen-bond acceptors (Lipinski definition) is 2. The van der Waals surface area contributed by atoms with Crippen LogP contribution in [0.2, 0.25) is 5.02 Å². The van der Waals surface area contributed by atoms with E-state index in [1.807, 2.05) is 43.3 Å². The molecule has 0 spiro atoms. The normalized spacial score (nSPS) is 10.2. The topological polar surface area (TPSA) is 42.0 Å². The molecule has 3 nitrogen and oxygen atoms in total. The van der Waals surface area contributed by atoms with Crippen LogP contribution in [-0.2, 0) is 11.2 Å². The summed E-state index contributed by atoms with van der Waals surface area (Å²) in [7, 11) is 0. The Hall–Kier alpha value is -1.87. The number of nitrogens with zero attached hydrogens (tertiary/aromatic N) is 1. The average molecular weight is 275 g/mol. The molecule has 0 aliphatic rings. The maximum atomic E-state index is 11.9. The first-order valence-electron chi connectivity index (χ1n) is 6.11. The van der Waals surface area contributed by atoms with Gasteiger partial charge in [0.2, 0.25) is 5.91 Å². The Kier molecular flexibility index (Phi) is 4.53. The molecule has 0 saturated heterocycles. The SMILES string of the molecule is Cc1cccnc1NC(=O)CCc1ccccc1Cl. The highest BCUT2D eigenvalue weighted by atomic mass is 35.5. The number of pyridine rings is 1. The Bertz CT molecular complexity index is 584. The quantitative estimate of drug-likeness (QED) is 0.925. The van der Waals surface area contributed by atoms with Crippen molar-refractivity contribution in [2.45, 2.75) is 19.8 Å². The van der Waals surface area contributed by atoms with Crippen LogP contribution in [0.25, 0.3) is 0 Å². The van der Waals surface area contributed by atoms with E-state index in [2.05, 4.69) is 10.3 Å². The van der Waals surface area contributed by atoms with Crippen molar-refractivity contribution in [2.75, 3.05) is 5.32 Å². The number of carbonyl (C=O) groups excluding carboxylic acids is 1. The van der Waals surface area contributed by atoms with E-state index in [0.717, 1.165) is 11.1 Å². The molecule has 1 N–H and O–H groups in total. The molecule has 0 aliphatic carbocycles. The molecule has 4 heteroatoms. The zero-order chi connectivity index (χ0) is 13.7. The van der Waals surface area contributed by atoms with Crippen LogP contribution in [0.5, 0.6) is 0 Å². The van der Waals surface area contributed by atoms with Crippen LogP contribution in [0.4, 0.5) is 5.82 Å². The van der Waals surface area contributed by atoms with Gasteiger partial charge in [-0.1, -0.05) is 35.9 Å². The molecular weight excluding hydrogens is 260 g/mol. The predicted octanol–water partition coefficient (Wildman–Crippen LogP) is 3.61. The molecule has 0 atom stereocenters. The molecule has 2 rings (SSSR count). The third kappa shape index (κ3) is 3.80. The van der Waals surface area contributed by atoms with Crippen LogP contribution in [0.15, 0.2) is 42.6 Å². The molecule has 1 amide bonds. The summed E-state index contributed by atoms with van der Waals surface area (Å²) in [6.45, 7) is 1.91. The van der Waals surface area contributed by atoms with Gasteiger partial charge in [0.1, 0.15) is 5.82 Å². The summed E-state index contributed by atoms with van der Waals surface area (Å²) in [5.74, 6) is 0.563. The number of benzene rings is 1. The number of carbonyl (C=O) groups is 1. The first-order valence-corrected chi connectivity index (χ1v) is 6.49. The standard InChI is InChI=1S/C15H15ClN2O/c1-11-5-4-10-17-15(11)18-14(19)9-8-12-6-2-3-7-13(12)16/h2-7,10H,8-9H2,1H3,(H,17,18,19). The van der Waals surface area contributed by atoms with Gasteiger partial charge in [-0.25, -0.2) is 4.98 Å². The average Bonchev–Trinajstić information content (AvgIpc) is 2.40. The van der Waals surface area contributed by atoms with Gasteiger partial charge in [0, 0.05) is 17.6 Å². The molecule has 1 aromatic carbocycles. The summed E-state index contributed by atoms with van der Waals surface area (Å²) < 4.78 is 0. The first kappa shape index (κ1) is 13.6. The molecule has 0 unspecified atom stereocenters. The molecule has 0 aliphatic heterocycles. The van der Waals surface area contributed by atoms with E-state index >= 15 is 0 Å². The van der Waals surface area contributed by atoms with Crippen molar-refractivity contribution in [1.29, 1.82) is 0 Å². The largest absolute Gasteiger partial charge is 0.310 e. The predicted molar refractivity (Wildman–Crippen MR) is 77.4 cm³/mol. The lowest BCUT2D eigenvalue weighted by molar-refractivity contribution is -0.116. The van der Waals surface area contributed by atoms with Gasteiger partial charge in [-0.15, -0.1) is 0 Å². The summed E-state index contributed by atoms with van der Waals surface area (Å²) in [6.07, 6.45) is 2.67. The zero-order valence-corrected chi connectivity index (χ0v) is 11.4. The van der Waals surface area contributed by atoms with Gasteiger partial charge in [0.25, 0.3) is 0 Å². The number of rotatable bonds is 4. The van der Waals surface area contributed by atoms with Gasteiger partial charge in [-0.3, -0.25) is 4.79 Å². The molecule has 19 heavy (non-hydrogen) atoms. The second kappa shape index (κ2) is 6.34. The molecule has 1 heterocycles. The van der Waals surface area contributed by atoms with Crippen LogP contribution >= 0.6 is 11.6 Å². The number of aromatic nitrogens is 1. The second-order valence-corrected chi connectivity index (χ2v) is 4.72. The summed E-state index contributed by atoms with van der Waals surface area (Å²) in [6, 6.07) is 11.3. The lowest BCUT2D eigenvalue weighted by Crippen LogP contribution is -2.14. The highest BCUT2D eigenvalue weighted by Crippen LogP contribution is 2.17. The fourth-order valence-electron chi connectivity index (χ4n) is 1.76. The fourth-order valence-corrected chi connectivity index (χ4v) is 1.99. The molecule has 98 valence electrons. The van der Waals surface area contributed by atoms with Crippen LogP contribution < -0.4 is 5.32 Å². The molecule has 0 fully saturated rings. The van der Waals surface area contributed by atoms with E-state index in [-0.39, 0.29) is 5.91 Å². The highest BCUT2D eigenvalue weighted by Gasteiger charge is 2.07. The maximum Gasteiger partial charge on any atom is 0.225 e. The minimum Gasteiger partial charge on any atom is -0.310 e. The van der Waals surface area contributed by atoms with E-state index in [4.69, 9.17) is 11.6 Å². The maximum absolute atomic E-state index is 11.9. The van der Waals surface area contributed by atoms with Crippen molar-refractivity contribution in [3.63, 3.8) is 0 Å². The third-order valence-electron chi connectivity index (χ3n) is 2.85.